The van der Waals surface area contributed by atoms with Gasteiger partial charge in [0.15, 0.2) is 5.76 Å². The first kappa shape index (κ1) is 19.6. The molecule has 0 radical (unpaired) electrons. The zero-order chi connectivity index (χ0) is 20.1. The van der Waals surface area contributed by atoms with Gasteiger partial charge in [0.2, 0.25) is 15.9 Å². The third-order valence-corrected chi connectivity index (χ3v) is 7.74. The Labute approximate surface area is 172 Å². The lowest BCUT2D eigenvalue weighted by Crippen LogP contribution is -2.34. The molecule has 1 atom stereocenters. The molecule has 0 bridgehead atoms. The van der Waals surface area contributed by atoms with E-state index in [1.165, 1.54) is 4.31 Å². The van der Waals surface area contributed by atoms with E-state index in [2.05, 4.69) is 21.1 Å². The van der Waals surface area contributed by atoms with Gasteiger partial charge in [0.1, 0.15) is 4.90 Å². The van der Waals surface area contributed by atoms with Crippen molar-refractivity contribution < 1.29 is 17.7 Å². The molecule has 1 aromatic carbocycles. The Kier molecular flexibility index (Phi) is 5.09. The third kappa shape index (κ3) is 3.19. The van der Waals surface area contributed by atoms with Gasteiger partial charge in [-0.3, -0.25) is 4.79 Å². The van der Waals surface area contributed by atoms with Crippen LogP contribution in [0.3, 0.4) is 0 Å². The number of hydrogen-bond acceptors (Lipinski definition) is 5. The maximum Gasteiger partial charge on any atom is 0.245 e. The number of aromatic nitrogens is 1. The summed E-state index contributed by atoms with van der Waals surface area (Å²) in [6, 6.07) is 4.92. The summed E-state index contributed by atoms with van der Waals surface area (Å²) in [5.74, 6) is 0.494. The minimum absolute atomic E-state index is 0.0682. The molecule has 0 unspecified atom stereocenters. The topological polar surface area (TPSA) is 83.7 Å². The minimum Gasteiger partial charge on any atom is -0.359 e. The monoisotopic (exact) mass is 467 g/mol. The Hall–Kier alpha value is -1.71. The summed E-state index contributed by atoms with van der Waals surface area (Å²) in [7, 11) is -3.83. The van der Waals surface area contributed by atoms with Gasteiger partial charge in [-0.2, -0.15) is 4.31 Å². The molecule has 1 saturated heterocycles. The summed E-state index contributed by atoms with van der Waals surface area (Å²) in [5, 5.41) is 3.91. The molecule has 4 rings (SSSR count). The van der Waals surface area contributed by atoms with E-state index in [1.54, 1.807) is 24.0 Å². The number of carbonyl (C=O) groups excluding carboxylic acids is 1. The number of hydrogen-bond donors (Lipinski definition) is 0. The van der Waals surface area contributed by atoms with E-state index >= 15 is 0 Å². The average molecular weight is 468 g/mol. The van der Waals surface area contributed by atoms with Gasteiger partial charge in [0, 0.05) is 30.0 Å². The Morgan fingerprint density at radius 1 is 1.32 bits per heavy atom. The van der Waals surface area contributed by atoms with Crippen molar-refractivity contribution in [3.8, 4) is 0 Å². The molecule has 0 spiro atoms. The molecule has 2 aromatic rings. The second-order valence-corrected chi connectivity index (χ2v) is 9.98. The number of sulfonamides is 1. The van der Waals surface area contributed by atoms with Gasteiger partial charge in [-0.1, -0.05) is 28.0 Å². The fraction of sp³-hybridized carbons (Fsp3) is 0.474. The largest absolute Gasteiger partial charge is 0.359 e. The van der Waals surface area contributed by atoms with Crippen LogP contribution in [0.1, 0.15) is 49.2 Å². The van der Waals surface area contributed by atoms with Crippen LogP contribution in [0.15, 0.2) is 32.1 Å². The van der Waals surface area contributed by atoms with Crippen molar-refractivity contribution in [2.75, 3.05) is 18.0 Å². The molecule has 1 amide bonds. The highest BCUT2D eigenvalue weighted by molar-refractivity contribution is 9.10. The number of benzene rings is 1. The van der Waals surface area contributed by atoms with Crippen LogP contribution in [0.25, 0.3) is 0 Å². The Morgan fingerprint density at radius 3 is 2.79 bits per heavy atom. The van der Waals surface area contributed by atoms with Crippen LogP contribution in [-0.2, 0) is 21.2 Å². The molecule has 3 heterocycles. The van der Waals surface area contributed by atoms with Crippen molar-refractivity contribution in [1.82, 2.24) is 9.46 Å². The van der Waals surface area contributed by atoms with Crippen LogP contribution in [0.2, 0.25) is 0 Å². The Morgan fingerprint density at radius 2 is 2.11 bits per heavy atom. The van der Waals surface area contributed by atoms with E-state index in [-0.39, 0.29) is 16.8 Å². The number of aryl methyl sites for hydroxylation is 1. The number of carbonyl (C=O) groups is 1. The van der Waals surface area contributed by atoms with Gasteiger partial charge in [-0.05, 0) is 43.9 Å². The summed E-state index contributed by atoms with van der Waals surface area (Å²) < 4.78 is 35.0. The molecule has 0 N–H and O–H groups in total. The number of halogens is 1. The lowest BCUT2D eigenvalue weighted by atomic mass is 10.2. The molecule has 28 heavy (non-hydrogen) atoms. The molecule has 7 nitrogen and oxygen atoms in total. The molecule has 2 aliphatic heterocycles. The van der Waals surface area contributed by atoms with Crippen molar-refractivity contribution in [3.05, 3.63) is 39.7 Å². The van der Waals surface area contributed by atoms with Crippen LogP contribution < -0.4 is 4.90 Å². The zero-order valence-corrected chi connectivity index (χ0v) is 18.2. The Bertz CT molecular complexity index is 1030. The van der Waals surface area contributed by atoms with Crippen LogP contribution >= 0.6 is 15.9 Å². The second kappa shape index (κ2) is 7.27. The van der Waals surface area contributed by atoms with E-state index in [0.29, 0.717) is 48.3 Å². The van der Waals surface area contributed by atoms with E-state index < -0.39 is 10.0 Å². The van der Waals surface area contributed by atoms with Crippen molar-refractivity contribution in [2.24, 2.45) is 0 Å². The molecule has 2 aliphatic rings. The van der Waals surface area contributed by atoms with Gasteiger partial charge in [-0.15, -0.1) is 0 Å². The van der Waals surface area contributed by atoms with Crippen molar-refractivity contribution in [1.29, 1.82) is 0 Å². The minimum atomic E-state index is -3.83. The summed E-state index contributed by atoms with van der Waals surface area (Å²) in [6.45, 7) is 4.52. The first-order valence-corrected chi connectivity index (χ1v) is 11.6. The van der Waals surface area contributed by atoms with Gasteiger partial charge < -0.3 is 9.42 Å². The molecule has 0 saturated carbocycles. The predicted octanol–water partition coefficient (Wildman–Crippen LogP) is 3.57. The van der Waals surface area contributed by atoms with E-state index in [9.17, 15) is 13.2 Å². The average Bonchev–Trinajstić information content (AvgIpc) is 3.38. The summed E-state index contributed by atoms with van der Waals surface area (Å²) in [5.41, 5.74) is 2.12. The molecular formula is C19H22BrN3O4S. The fourth-order valence-corrected chi connectivity index (χ4v) is 6.67. The number of amides is 1. The molecule has 150 valence electrons. The van der Waals surface area contributed by atoms with E-state index in [4.69, 9.17) is 4.52 Å². The first-order valence-electron chi connectivity index (χ1n) is 9.40. The maximum absolute atomic E-state index is 13.7. The van der Waals surface area contributed by atoms with Crippen molar-refractivity contribution in [2.45, 2.75) is 50.5 Å². The SMILES string of the molecule is CCC(=O)N1CCc2cc(Br)cc(S(=O)(=O)N3CCC[C@H]3c3cc(C)no3)c21. The van der Waals surface area contributed by atoms with Crippen molar-refractivity contribution >= 4 is 37.5 Å². The number of fused-ring (bicyclic) bond motifs is 1. The summed E-state index contributed by atoms with van der Waals surface area (Å²) in [4.78, 5) is 14.2. The fourth-order valence-electron chi connectivity index (χ4n) is 4.09. The van der Waals surface area contributed by atoms with Gasteiger partial charge in [0.25, 0.3) is 0 Å². The molecular weight excluding hydrogens is 446 g/mol. The van der Waals surface area contributed by atoms with Crippen LogP contribution in [0.5, 0.6) is 0 Å². The normalized spacial score (nSPS) is 20.0. The zero-order valence-electron chi connectivity index (χ0n) is 15.8. The smallest absolute Gasteiger partial charge is 0.245 e. The summed E-state index contributed by atoms with van der Waals surface area (Å²) in [6.07, 6.45) is 2.41. The maximum atomic E-state index is 13.7. The number of nitrogens with zero attached hydrogens (tertiary/aromatic N) is 3. The highest BCUT2D eigenvalue weighted by Crippen LogP contribution is 2.43. The highest BCUT2D eigenvalue weighted by Gasteiger charge is 2.41. The third-order valence-electron chi connectivity index (χ3n) is 5.36. The van der Waals surface area contributed by atoms with Gasteiger partial charge in [-0.25, -0.2) is 8.42 Å². The second-order valence-electron chi connectivity index (χ2n) is 7.21. The van der Waals surface area contributed by atoms with Gasteiger partial charge in [0.05, 0.1) is 17.4 Å². The summed E-state index contributed by atoms with van der Waals surface area (Å²) >= 11 is 3.44. The molecule has 9 heteroatoms. The van der Waals surface area contributed by atoms with Crippen LogP contribution in [0, 0.1) is 6.92 Å². The lowest BCUT2D eigenvalue weighted by molar-refractivity contribution is -0.118. The lowest BCUT2D eigenvalue weighted by Gasteiger charge is -2.26. The van der Waals surface area contributed by atoms with Crippen molar-refractivity contribution in [3.63, 3.8) is 0 Å². The molecule has 1 fully saturated rings. The number of anilines is 1. The first-order chi connectivity index (χ1) is 13.3. The van der Waals surface area contributed by atoms with E-state index in [0.717, 1.165) is 17.7 Å². The molecule has 0 aliphatic carbocycles. The van der Waals surface area contributed by atoms with E-state index in [1.807, 2.05) is 13.0 Å². The van der Waals surface area contributed by atoms with Crippen LogP contribution in [-0.4, -0.2) is 36.9 Å². The number of rotatable bonds is 4. The van der Waals surface area contributed by atoms with Gasteiger partial charge >= 0.3 is 0 Å². The quantitative estimate of drug-likeness (QED) is 0.685. The Balaban J connectivity index is 1.81. The standard InChI is InChI=1S/C19H22BrN3O4S/c1-3-18(24)22-8-6-13-10-14(20)11-17(19(13)22)28(25,26)23-7-4-5-15(23)16-9-12(2)21-27-16/h9-11,15H,3-8H2,1-2H3/t15-/m0/s1. The highest BCUT2D eigenvalue weighted by atomic mass is 79.9. The molecule has 1 aromatic heterocycles. The predicted molar refractivity (Wildman–Crippen MR) is 108 cm³/mol. The van der Waals surface area contributed by atoms with Crippen LogP contribution in [0.4, 0.5) is 5.69 Å².